The molecular weight excluding hydrogens is 370 g/mol. The van der Waals surface area contributed by atoms with Gasteiger partial charge in [0.1, 0.15) is 35.2 Å². The van der Waals surface area contributed by atoms with Crippen LogP contribution >= 0.6 is 0 Å². The van der Waals surface area contributed by atoms with Crippen molar-refractivity contribution in [1.29, 1.82) is 0 Å². The maximum Gasteiger partial charge on any atom is 0.259 e. The van der Waals surface area contributed by atoms with Gasteiger partial charge in [0, 0.05) is 24.1 Å². The van der Waals surface area contributed by atoms with Crippen LogP contribution in [0.4, 0.5) is 5.69 Å². The van der Waals surface area contributed by atoms with Crippen molar-refractivity contribution in [3.63, 3.8) is 0 Å². The summed E-state index contributed by atoms with van der Waals surface area (Å²) >= 11 is 0. The molecule has 8 nitrogen and oxygen atoms in total. The summed E-state index contributed by atoms with van der Waals surface area (Å²) in [6, 6.07) is 10.5. The largest absolute Gasteiger partial charge is 0.466 e. The van der Waals surface area contributed by atoms with E-state index in [4.69, 9.17) is 9.15 Å². The van der Waals surface area contributed by atoms with Crippen molar-refractivity contribution in [2.45, 2.75) is 20.8 Å². The first-order chi connectivity index (χ1) is 14.0. The number of amides is 1. The molecule has 0 fully saturated rings. The molecule has 1 aromatic carbocycles. The Labute approximate surface area is 167 Å². The van der Waals surface area contributed by atoms with Gasteiger partial charge < -0.3 is 14.5 Å². The third-order valence-electron chi connectivity index (χ3n) is 4.19. The molecule has 3 aromatic heterocycles. The first kappa shape index (κ1) is 18.4. The maximum absolute atomic E-state index is 12.4. The van der Waals surface area contributed by atoms with Gasteiger partial charge in [-0.25, -0.2) is 9.97 Å². The Bertz CT molecular complexity index is 1150. The Balaban J connectivity index is 1.47. The van der Waals surface area contributed by atoms with E-state index < -0.39 is 0 Å². The van der Waals surface area contributed by atoms with Crippen LogP contribution in [0.2, 0.25) is 0 Å². The fourth-order valence-corrected chi connectivity index (χ4v) is 2.89. The van der Waals surface area contributed by atoms with Gasteiger partial charge in [-0.05, 0) is 51.1 Å². The van der Waals surface area contributed by atoms with E-state index in [0.29, 0.717) is 46.0 Å². The molecule has 8 heteroatoms. The molecule has 0 aliphatic rings. The number of aromatic nitrogens is 4. The summed E-state index contributed by atoms with van der Waals surface area (Å²) in [5.41, 5.74) is 1.17. The lowest BCUT2D eigenvalue weighted by molar-refractivity contribution is 0.102. The number of carbonyl (C=O) groups is 1. The maximum atomic E-state index is 12.4. The van der Waals surface area contributed by atoms with Gasteiger partial charge in [0.15, 0.2) is 0 Å². The summed E-state index contributed by atoms with van der Waals surface area (Å²) < 4.78 is 13.0. The molecule has 0 unspecified atom stereocenters. The first-order valence-electron chi connectivity index (χ1n) is 8.98. The van der Waals surface area contributed by atoms with Gasteiger partial charge in [-0.1, -0.05) is 0 Å². The van der Waals surface area contributed by atoms with Crippen LogP contribution in [0.15, 0.2) is 59.5 Å². The van der Waals surface area contributed by atoms with Crippen molar-refractivity contribution in [3.8, 4) is 17.4 Å². The lowest BCUT2D eigenvalue weighted by Gasteiger charge is -2.09. The monoisotopic (exact) mass is 389 g/mol. The van der Waals surface area contributed by atoms with Gasteiger partial charge in [-0.2, -0.15) is 4.98 Å². The van der Waals surface area contributed by atoms with Gasteiger partial charge in [-0.15, -0.1) is 0 Å². The van der Waals surface area contributed by atoms with E-state index in [1.807, 2.05) is 6.92 Å². The molecule has 0 aliphatic carbocycles. The second kappa shape index (κ2) is 7.59. The van der Waals surface area contributed by atoms with E-state index in [0.717, 1.165) is 0 Å². The fraction of sp³-hybridized carbons (Fsp3) is 0.143. The number of hydrogen-bond donors (Lipinski definition) is 1. The van der Waals surface area contributed by atoms with Crippen LogP contribution in [0.5, 0.6) is 11.6 Å². The Kier molecular flexibility index (Phi) is 4.82. The number of ether oxygens (including phenoxy) is 1. The molecule has 1 N–H and O–H groups in total. The van der Waals surface area contributed by atoms with Crippen molar-refractivity contribution in [2.24, 2.45) is 0 Å². The molecule has 0 bridgehead atoms. The van der Waals surface area contributed by atoms with E-state index in [1.54, 1.807) is 73.5 Å². The van der Waals surface area contributed by atoms with Crippen LogP contribution in [-0.4, -0.2) is 25.4 Å². The summed E-state index contributed by atoms with van der Waals surface area (Å²) in [6.45, 7) is 5.37. The molecule has 0 spiro atoms. The van der Waals surface area contributed by atoms with Gasteiger partial charge >= 0.3 is 0 Å². The number of rotatable bonds is 5. The van der Waals surface area contributed by atoms with E-state index in [-0.39, 0.29) is 5.91 Å². The predicted octanol–water partition coefficient (Wildman–Crippen LogP) is 4.23. The number of carbonyl (C=O) groups excluding carboxylic acids is 1. The molecule has 0 radical (unpaired) electrons. The lowest BCUT2D eigenvalue weighted by Crippen LogP contribution is -2.11. The lowest BCUT2D eigenvalue weighted by atomic mass is 10.2. The molecular formula is C21H19N5O3. The van der Waals surface area contributed by atoms with Gasteiger partial charge in [-0.3, -0.25) is 9.36 Å². The van der Waals surface area contributed by atoms with Crippen molar-refractivity contribution >= 4 is 11.6 Å². The highest BCUT2D eigenvalue weighted by molar-refractivity contribution is 6.05. The number of benzene rings is 1. The Morgan fingerprint density at radius 1 is 1.10 bits per heavy atom. The molecule has 0 atom stereocenters. The van der Waals surface area contributed by atoms with Crippen LogP contribution < -0.4 is 10.1 Å². The molecule has 0 aliphatic heterocycles. The molecule has 0 saturated carbocycles. The Hall–Kier alpha value is -3.94. The second-order valence-electron chi connectivity index (χ2n) is 6.49. The number of nitrogens with zero attached hydrogens (tertiary/aromatic N) is 4. The third-order valence-corrected chi connectivity index (χ3v) is 4.19. The highest BCUT2D eigenvalue weighted by Gasteiger charge is 2.14. The number of anilines is 1. The number of imidazole rings is 1. The average molecular weight is 389 g/mol. The zero-order chi connectivity index (χ0) is 20.4. The predicted molar refractivity (Wildman–Crippen MR) is 107 cm³/mol. The third kappa shape index (κ3) is 4.16. The minimum atomic E-state index is -0.218. The summed E-state index contributed by atoms with van der Waals surface area (Å²) in [5.74, 6) is 3.33. The first-order valence-corrected chi connectivity index (χ1v) is 8.98. The zero-order valence-corrected chi connectivity index (χ0v) is 16.2. The van der Waals surface area contributed by atoms with Gasteiger partial charge in [0.25, 0.3) is 5.91 Å². The molecule has 146 valence electrons. The number of aryl methyl sites for hydroxylation is 3. The SMILES string of the molecule is Cc1nc(Oc2ccc(NC(=O)c3cc(C)oc3C)cc2)cc(-n2ccnc2)n1. The highest BCUT2D eigenvalue weighted by atomic mass is 16.5. The van der Waals surface area contributed by atoms with Crippen LogP contribution in [0.25, 0.3) is 5.82 Å². The Morgan fingerprint density at radius 2 is 1.90 bits per heavy atom. The van der Waals surface area contributed by atoms with Crippen molar-refractivity contribution in [2.75, 3.05) is 5.32 Å². The van der Waals surface area contributed by atoms with Crippen LogP contribution in [0.3, 0.4) is 0 Å². The van der Waals surface area contributed by atoms with E-state index in [1.165, 1.54) is 0 Å². The minimum Gasteiger partial charge on any atom is -0.466 e. The molecule has 4 rings (SSSR count). The van der Waals surface area contributed by atoms with Gasteiger partial charge in [0.2, 0.25) is 5.88 Å². The zero-order valence-electron chi connectivity index (χ0n) is 16.2. The summed E-state index contributed by atoms with van der Waals surface area (Å²) in [4.78, 5) is 25.1. The van der Waals surface area contributed by atoms with Crippen molar-refractivity contribution < 1.29 is 13.9 Å². The van der Waals surface area contributed by atoms with Crippen molar-refractivity contribution in [1.82, 2.24) is 19.5 Å². The summed E-state index contributed by atoms with van der Waals surface area (Å²) in [6.07, 6.45) is 5.13. The van der Waals surface area contributed by atoms with Crippen LogP contribution in [0.1, 0.15) is 27.7 Å². The van der Waals surface area contributed by atoms with Crippen LogP contribution in [-0.2, 0) is 0 Å². The summed E-state index contributed by atoms with van der Waals surface area (Å²) in [5, 5.41) is 2.85. The quantitative estimate of drug-likeness (QED) is 0.549. The molecule has 29 heavy (non-hydrogen) atoms. The molecule has 0 saturated heterocycles. The fourth-order valence-electron chi connectivity index (χ4n) is 2.89. The van der Waals surface area contributed by atoms with Crippen LogP contribution in [0, 0.1) is 20.8 Å². The number of furan rings is 1. The topological polar surface area (TPSA) is 95.1 Å². The second-order valence-corrected chi connectivity index (χ2v) is 6.49. The molecule has 4 aromatic rings. The smallest absolute Gasteiger partial charge is 0.259 e. The van der Waals surface area contributed by atoms with Gasteiger partial charge in [0.05, 0.1) is 5.56 Å². The number of hydrogen-bond acceptors (Lipinski definition) is 6. The van der Waals surface area contributed by atoms with E-state index >= 15 is 0 Å². The van der Waals surface area contributed by atoms with E-state index in [2.05, 4.69) is 20.3 Å². The standard InChI is InChI=1S/C21H19N5O3/c1-13-10-18(14(2)28-13)21(27)25-16-4-6-17(7-5-16)29-20-11-19(23-15(3)24-20)26-9-8-22-12-26/h4-12H,1-3H3,(H,25,27). The van der Waals surface area contributed by atoms with E-state index in [9.17, 15) is 4.79 Å². The Morgan fingerprint density at radius 3 is 2.55 bits per heavy atom. The highest BCUT2D eigenvalue weighted by Crippen LogP contribution is 2.24. The molecule has 3 heterocycles. The molecule has 1 amide bonds. The minimum absolute atomic E-state index is 0.218. The van der Waals surface area contributed by atoms with Crippen molar-refractivity contribution in [3.05, 3.63) is 78.0 Å². The number of nitrogens with one attached hydrogen (secondary N) is 1. The average Bonchev–Trinajstić information content (AvgIpc) is 3.32. The normalized spacial score (nSPS) is 10.7. The summed E-state index contributed by atoms with van der Waals surface area (Å²) in [7, 11) is 0.